The second kappa shape index (κ2) is 12.5. The fourth-order valence-electron chi connectivity index (χ4n) is 5.17. The summed E-state index contributed by atoms with van der Waals surface area (Å²) in [5.41, 5.74) is 8.65. The van der Waals surface area contributed by atoms with Crippen LogP contribution in [0.1, 0.15) is 18.5 Å². The van der Waals surface area contributed by atoms with Crippen molar-refractivity contribution in [2.45, 2.75) is 24.5 Å². The number of hydrogen-bond acceptors (Lipinski definition) is 10. The summed E-state index contributed by atoms with van der Waals surface area (Å²) in [6.45, 7) is 4.34. The number of benzene rings is 2. The van der Waals surface area contributed by atoms with Crippen LogP contribution < -0.4 is 20.5 Å². The molecule has 3 aromatic rings. The fraction of sp³-hybridized carbons (Fsp3) is 0.323. The fourth-order valence-corrected chi connectivity index (χ4v) is 5.17. The smallest absolute Gasteiger partial charge is 0.258 e. The highest BCUT2D eigenvalue weighted by molar-refractivity contribution is 6.09. The van der Waals surface area contributed by atoms with E-state index in [0.29, 0.717) is 54.2 Å². The Morgan fingerprint density at radius 2 is 1.77 bits per heavy atom. The van der Waals surface area contributed by atoms with Crippen LogP contribution >= 0.6 is 0 Å². The molecule has 2 aliphatic heterocycles. The third-order valence-corrected chi connectivity index (χ3v) is 7.62. The van der Waals surface area contributed by atoms with Gasteiger partial charge in [-0.05, 0) is 37.1 Å². The Morgan fingerprint density at radius 3 is 2.40 bits per heavy atom. The number of aromatic nitrogens is 2. The minimum Gasteiger partial charge on any atom is -0.497 e. The van der Waals surface area contributed by atoms with Crippen molar-refractivity contribution in [1.29, 1.82) is 0 Å². The van der Waals surface area contributed by atoms with Gasteiger partial charge in [0.2, 0.25) is 5.91 Å². The number of methoxy groups -OCH3 is 2. The summed E-state index contributed by atoms with van der Waals surface area (Å²) >= 11 is 0. The zero-order chi connectivity index (χ0) is 30.6. The molecule has 5 rings (SSSR count). The van der Waals surface area contributed by atoms with E-state index in [1.165, 1.54) is 17.2 Å². The van der Waals surface area contributed by atoms with E-state index in [4.69, 9.17) is 25.2 Å². The predicted octanol–water partition coefficient (Wildman–Crippen LogP) is 2.51. The van der Waals surface area contributed by atoms with Crippen molar-refractivity contribution in [3.05, 3.63) is 67.1 Å². The van der Waals surface area contributed by atoms with Crippen molar-refractivity contribution in [3.63, 3.8) is 0 Å². The molecular formula is C31H35N7O5. The Labute approximate surface area is 249 Å². The first-order chi connectivity index (χ1) is 20.7. The number of anilines is 2. The first-order valence-electron chi connectivity index (χ1n) is 13.9. The number of carbonyl (C=O) groups is 2. The van der Waals surface area contributed by atoms with E-state index in [2.05, 4.69) is 16.9 Å². The molecule has 12 heteroatoms. The molecule has 0 spiro atoms. The summed E-state index contributed by atoms with van der Waals surface area (Å²) < 4.78 is 10.7. The summed E-state index contributed by atoms with van der Waals surface area (Å²) in [4.78, 5) is 41.6. The number of β-amino-alcohol motifs (C(OH)–C–C–N with tert-alkyl or cyclic N) is 1. The largest absolute Gasteiger partial charge is 0.497 e. The number of ether oxygens (including phenoxy) is 2. The van der Waals surface area contributed by atoms with Gasteiger partial charge in [-0.25, -0.2) is 4.98 Å². The molecule has 2 amide bonds. The molecular weight excluding hydrogens is 550 g/mol. The van der Waals surface area contributed by atoms with Gasteiger partial charge in [-0.2, -0.15) is 0 Å². The number of aliphatic hydroxyl groups is 1. The van der Waals surface area contributed by atoms with Gasteiger partial charge < -0.3 is 35.4 Å². The highest BCUT2D eigenvalue weighted by Crippen LogP contribution is 2.29. The second-order valence-electron chi connectivity index (χ2n) is 10.5. The number of nitrogens with one attached hydrogen (secondary N) is 1. The number of piperidine rings is 1. The zero-order valence-electron chi connectivity index (χ0n) is 24.2. The molecule has 2 fully saturated rings. The number of hydrogen-bond donors (Lipinski definition) is 3. The maximum absolute atomic E-state index is 12.9. The van der Waals surface area contributed by atoms with Crippen molar-refractivity contribution in [2.75, 3.05) is 45.7 Å². The van der Waals surface area contributed by atoms with Gasteiger partial charge in [0.15, 0.2) is 5.60 Å². The van der Waals surface area contributed by atoms with Crippen LogP contribution in [0.3, 0.4) is 0 Å². The van der Waals surface area contributed by atoms with Crippen LogP contribution in [0.4, 0.5) is 11.4 Å². The third kappa shape index (κ3) is 6.44. The summed E-state index contributed by atoms with van der Waals surface area (Å²) in [6.07, 6.45) is 7.26. The molecule has 12 nitrogen and oxygen atoms in total. The van der Waals surface area contributed by atoms with E-state index < -0.39 is 5.60 Å². The number of likely N-dealkylation sites (tertiary alicyclic amines) is 2. The van der Waals surface area contributed by atoms with E-state index in [-0.39, 0.29) is 30.9 Å². The molecule has 0 radical (unpaired) electrons. The summed E-state index contributed by atoms with van der Waals surface area (Å²) in [7, 11) is 3.21. The molecule has 2 aromatic carbocycles. The lowest BCUT2D eigenvalue weighted by molar-refractivity contribution is -0.175. The van der Waals surface area contributed by atoms with Gasteiger partial charge in [0, 0.05) is 60.7 Å². The van der Waals surface area contributed by atoms with Crippen molar-refractivity contribution < 1.29 is 24.2 Å². The van der Waals surface area contributed by atoms with Crippen molar-refractivity contribution in [3.8, 4) is 11.5 Å². The van der Waals surface area contributed by atoms with E-state index in [9.17, 15) is 14.7 Å². The molecule has 224 valence electrons. The van der Waals surface area contributed by atoms with Gasteiger partial charge in [-0.3, -0.25) is 19.6 Å². The lowest BCUT2D eigenvalue weighted by Gasteiger charge is -2.47. The number of rotatable bonds is 9. The van der Waals surface area contributed by atoms with Crippen LogP contribution in [0, 0.1) is 0 Å². The van der Waals surface area contributed by atoms with Crippen LogP contribution in [0.2, 0.25) is 0 Å². The lowest BCUT2D eigenvalue weighted by Crippen LogP contribution is -2.70. The van der Waals surface area contributed by atoms with Crippen molar-refractivity contribution in [2.24, 2.45) is 10.7 Å². The van der Waals surface area contributed by atoms with Crippen LogP contribution in [-0.4, -0.2) is 94.9 Å². The SMILES string of the molecule is C=CC(=O)N1CC(O)(C(=O)N2CCC(N=CC(=CN)c3cnc4ccc(Nc5cc(OC)cc(OC)c5)cc4n3)CC2)C1. The molecule has 0 atom stereocenters. The molecule has 0 bridgehead atoms. The first kappa shape index (κ1) is 29.5. The molecule has 2 aliphatic rings. The molecule has 3 heterocycles. The molecule has 0 saturated carbocycles. The van der Waals surface area contributed by atoms with Crippen LogP contribution in [0.25, 0.3) is 16.6 Å². The van der Waals surface area contributed by atoms with E-state index >= 15 is 0 Å². The van der Waals surface area contributed by atoms with Gasteiger partial charge in [-0.1, -0.05) is 6.58 Å². The van der Waals surface area contributed by atoms with E-state index in [1.807, 2.05) is 30.3 Å². The van der Waals surface area contributed by atoms with E-state index in [0.717, 1.165) is 16.9 Å². The predicted molar refractivity (Wildman–Crippen MR) is 164 cm³/mol. The van der Waals surface area contributed by atoms with Crippen LogP contribution in [0.15, 0.2) is 66.4 Å². The van der Waals surface area contributed by atoms with Gasteiger partial charge in [0.25, 0.3) is 5.91 Å². The molecule has 0 unspecified atom stereocenters. The maximum Gasteiger partial charge on any atom is 0.258 e. The van der Waals surface area contributed by atoms with Crippen LogP contribution in [0.5, 0.6) is 11.5 Å². The quantitative estimate of drug-likeness (QED) is 0.254. The minimum absolute atomic E-state index is 0.0144. The third-order valence-electron chi connectivity index (χ3n) is 7.62. The Balaban J connectivity index is 1.22. The molecule has 43 heavy (non-hydrogen) atoms. The van der Waals surface area contributed by atoms with Crippen LogP contribution in [-0.2, 0) is 9.59 Å². The molecule has 2 saturated heterocycles. The number of aliphatic imine (C=N–C) groups is 1. The van der Waals surface area contributed by atoms with Gasteiger partial charge >= 0.3 is 0 Å². The van der Waals surface area contributed by atoms with Crippen molar-refractivity contribution in [1.82, 2.24) is 19.8 Å². The number of fused-ring (bicyclic) bond motifs is 1. The number of amides is 2. The average Bonchev–Trinajstić information content (AvgIpc) is 3.02. The topological polar surface area (TPSA) is 156 Å². The summed E-state index contributed by atoms with van der Waals surface area (Å²) in [6, 6.07) is 11.2. The second-order valence-corrected chi connectivity index (χ2v) is 10.5. The number of carbonyl (C=O) groups excluding carboxylic acids is 2. The van der Waals surface area contributed by atoms with Gasteiger partial charge in [0.1, 0.15) is 11.5 Å². The van der Waals surface area contributed by atoms with Crippen molar-refractivity contribution >= 4 is 46.0 Å². The van der Waals surface area contributed by atoms with Gasteiger partial charge in [0.05, 0.1) is 56.3 Å². The Morgan fingerprint density at radius 1 is 1.07 bits per heavy atom. The Kier molecular flexibility index (Phi) is 8.58. The molecule has 4 N–H and O–H groups in total. The standard InChI is InChI=1S/C31H35N7O5/c1-4-29(39)38-18-31(41,19-38)30(40)37-9-7-21(8-10-37)33-16-20(15-32)28-17-34-26-6-5-22(13-27(26)36-28)35-23-11-24(42-2)14-25(12-23)43-3/h4-6,11-17,21,35,41H,1,7-10,18-19,32H2,2-3H3. The summed E-state index contributed by atoms with van der Waals surface area (Å²) in [5, 5.41) is 14.0. The molecule has 1 aromatic heterocycles. The average molecular weight is 586 g/mol. The normalized spacial score (nSPS) is 17.0. The number of allylic oxidation sites excluding steroid dienone is 1. The monoisotopic (exact) mass is 585 g/mol. The van der Waals surface area contributed by atoms with E-state index in [1.54, 1.807) is 37.6 Å². The first-order valence-corrected chi connectivity index (χ1v) is 13.9. The summed E-state index contributed by atoms with van der Waals surface area (Å²) in [5.74, 6) is 0.694. The maximum atomic E-state index is 12.9. The minimum atomic E-state index is -1.53. The zero-order valence-corrected chi connectivity index (χ0v) is 24.2. The molecule has 0 aliphatic carbocycles. The number of nitrogens with zero attached hydrogens (tertiary/aromatic N) is 5. The number of nitrogens with two attached hydrogens (primary N) is 1. The van der Waals surface area contributed by atoms with Gasteiger partial charge in [-0.15, -0.1) is 0 Å². The Hall–Kier alpha value is -4.97. The highest BCUT2D eigenvalue weighted by atomic mass is 16.5. The highest BCUT2D eigenvalue weighted by Gasteiger charge is 2.51. The Bertz CT molecular complexity index is 1570. The lowest BCUT2D eigenvalue weighted by atomic mass is 9.91.